The van der Waals surface area contributed by atoms with E-state index in [0.29, 0.717) is 5.75 Å². The van der Waals surface area contributed by atoms with Gasteiger partial charge in [0.2, 0.25) is 5.91 Å². The maximum atomic E-state index is 12.8. The molecule has 122 valence electrons. The van der Waals surface area contributed by atoms with Crippen molar-refractivity contribution in [3.05, 3.63) is 30.1 Å². The second-order valence-electron chi connectivity index (χ2n) is 5.65. The standard InChI is InChI=1S/C15H21FN2O3S/c1-10(21-12-7-5-11(16)6-8-12)14(20)18-17-13(19)9-22-15(2,3)4/h5-8,10H,9H2,1-4H3,(H,17,19)(H,18,20). The molecule has 1 aromatic rings. The monoisotopic (exact) mass is 328 g/mol. The van der Waals surface area contributed by atoms with Gasteiger partial charge in [-0.15, -0.1) is 11.8 Å². The molecule has 5 nitrogen and oxygen atoms in total. The lowest BCUT2D eigenvalue weighted by Crippen LogP contribution is -2.48. The highest BCUT2D eigenvalue weighted by atomic mass is 32.2. The number of halogens is 1. The molecule has 0 spiro atoms. The second-order valence-corrected chi connectivity index (χ2v) is 7.45. The fourth-order valence-corrected chi connectivity index (χ4v) is 1.96. The van der Waals surface area contributed by atoms with E-state index in [2.05, 4.69) is 10.9 Å². The summed E-state index contributed by atoms with van der Waals surface area (Å²) < 4.78 is 18.1. The molecule has 1 rings (SSSR count). The van der Waals surface area contributed by atoms with Crippen LogP contribution in [0.15, 0.2) is 24.3 Å². The molecule has 22 heavy (non-hydrogen) atoms. The van der Waals surface area contributed by atoms with Gasteiger partial charge in [0.15, 0.2) is 6.10 Å². The molecule has 1 aromatic carbocycles. The Bertz CT molecular complexity index is 515. The van der Waals surface area contributed by atoms with Crippen LogP contribution in [-0.2, 0) is 9.59 Å². The summed E-state index contributed by atoms with van der Waals surface area (Å²) >= 11 is 1.48. The average molecular weight is 328 g/mol. The first kappa shape index (κ1) is 18.3. The van der Waals surface area contributed by atoms with Crippen LogP contribution in [0, 0.1) is 5.82 Å². The van der Waals surface area contributed by atoms with Gasteiger partial charge in [-0.1, -0.05) is 20.8 Å². The number of hydrazine groups is 1. The van der Waals surface area contributed by atoms with E-state index < -0.39 is 12.0 Å². The Morgan fingerprint density at radius 1 is 1.23 bits per heavy atom. The first-order valence-electron chi connectivity index (χ1n) is 6.82. The quantitative estimate of drug-likeness (QED) is 0.814. The molecular formula is C15H21FN2O3S. The summed E-state index contributed by atoms with van der Waals surface area (Å²) in [5.74, 6) is -0.538. The molecule has 0 fully saturated rings. The molecule has 0 aliphatic rings. The van der Waals surface area contributed by atoms with Crippen molar-refractivity contribution in [1.29, 1.82) is 0 Å². The van der Waals surface area contributed by atoms with Gasteiger partial charge in [0, 0.05) is 4.75 Å². The maximum Gasteiger partial charge on any atom is 0.279 e. The van der Waals surface area contributed by atoms with Gasteiger partial charge < -0.3 is 4.74 Å². The number of rotatable bonds is 5. The molecule has 0 heterocycles. The largest absolute Gasteiger partial charge is 0.481 e. The number of thioether (sulfide) groups is 1. The van der Waals surface area contributed by atoms with Crippen molar-refractivity contribution in [3.63, 3.8) is 0 Å². The molecule has 1 unspecified atom stereocenters. The topological polar surface area (TPSA) is 67.4 Å². The predicted molar refractivity (Wildman–Crippen MR) is 85.0 cm³/mol. The third-order valence-corrected chi connectivity index (χ3v) is 3.73. The summed E-state index contributed by atoms with van der Waals surface area (Å²) in [7, 11) is 0. The van der Waals surface area contributed by atoms with Gasteiger partial charge in [-0.3, -0.25) is 20.4 Å². The zero-order chi connectivity index (χ0) is 16.8. The van der Waals surface area contributed by atoms with Crippen molar-refractivity contribution in [3.8, 4) is 5.75 Å². The van der Waals surface area contributed by atoms with Gasteiger partial charge in [-0.25, -0.2) is 4.39 Å². The van der Waals surface area contributed by atoms with E-state index in [4.69, 9.17) is 4.74 Å². The van der Waals surface area contributed by atoms with Gasteiger partial charge in [0.1, 0.15) is 11.6 Å². The Hall–Kier alpha value is -1.76. The number of amides is 2. The molecule has 0 aliphatic carbocycles. The molecule has 0 aromatic heterocycles. The van der Waals surface area contributed by atoms with Gasteiger partial charge in [-0.05, 0) is 31.2 Å². The molecule has 0 radical (unpaired) electrons. The van der Waals surface area contributed by atoms with E-state index in [1.807, 2.05) is 20.8 Å². The molecule has 0 saturated carbocycles. The normalized spacial score (nSPS) is 12.4. The first-order chi connectivity index (χ1) is 10.2. The summed E-state index contributed by atoms with van der Waals surface area (Å²) in [6, 6.07) is 5.34. The average Bonchev–Trinajstić information content (AvgIpc) is 2.44. The van der Waals surface area contributed by atoms with E-state index in [1.54, 1.807) is 0 Å². The van der Waals surface area contributed by atoms with Crippen LogP contribution in [0.5, 0.6) is 5.75 Å². The summed E-state index contributed by atoms with van der Waals surface area (Å²) in [6.45, 7) is 7.54. The van der Waals surface area contributed by atoms with Crippen molar-refractivity contribution in [1.82, 2.24) is 10.9 Å². The van der Waals surface area contributed by atoms with Crippen LogP contribution in [0.4, 0.5) is 4.39 Å². The lowest BCUT2D eigenvalue weighted by Gasteiger charge is -2.18. The molecule has 0 aliphatic heterocycles. The molecule has 2 N–H and O–H groups in total. The Labute approximate surface area is 134 Å². The SMILES string of the molecule is CC(Oc1ccc(F)cc1)C(=O)NNC(=O)CSC(C)(C)C. The predicted octanol–water partition coefficient (Wildman–Crippen LogP) is 2.27. The van der Waals surface area contributed by atoms with Crippen LogP contribution >= 0.6 is 11.8 Å². The van der Waals surface area contributed by atoms with Crippen LogP contribution < -0.4 is 15.6 Å². The van der Waals surface area contributed by atoms with Crippen LogP contribution in [-0.4, -0.2) is 28.4 Å². The maximum absolute atomic E-state index is 12.8. The van der Waals surface area contributed by atoms with Crippen molar-refractivity contribution >= 4 is 23.6 Å². The number of hydrogen-bond acceptors (Lipinski definition) is 4. The molecule has 2 amide bonds. The highest BCUT2D eigenvalue weighted by molar-refractivity contribution is 8.01. The van der Waals surface area contributed by atoms with Crippen molar-refractivity contribution in [2.24, 2.45) is 0 Å². The highest BCUT2D eigenvalue weighted by Crippen LogP contribution is 2.22. The van der Waals surface area contributed by atoms with E-state index in [9.17, 15) is 14.0 Å². The molecular weight excluding hydrogens is 307 g/mol. The van der Waals surface area contributed by atoms with Gasteiger partial charge >= 0.3 is 0 Å². The fourth-order valence-electron chi connectivity index (χ4n) is 1.32. The second kappa shape index (κ2) is 8.03. The molecule has 0 bridgehead atoms. The summed E-state index contributed by atoms with van der Waals surface area (Å²) in [5.41, 5.74) is 4.63. The Morgan fingerprint density at radius 3 is 2.36 bits per heavy atom. The zero-order valence-electron chi connectivity index (χ0n) is 13.1. The smallest absolute Gasteiger partial charge is 0.279 e. The minimum absolute atomic E-state index is 0.0274. The van der Waals surface area contributed by atoms with Crippen LogP contribution in [0.25, 0.3) is 0 Å². The van der Waals surface area contributed by atoms with Crippen LogP contribution in [0.1, 0.15) is 27.7 Å². The van der Waals surface area contributed by atoms with Gasteiger partial charge in [0.05, 0.1) is 5.75 Å². The Morgan fingerprint density at radius 2 is 1.82 bits per heavy atom. The number of benzene rings is 1. The Balaban J connectivity index is 2.35. The van der Waals surface area contributed by atoms with Crippen LogP contribution in [0.3, 0.4) is 0 Å². The van der Waals surface area contributed by atoms with E-state index in [1.165, 1.54) is 43.0 Å². The number of ether oxygens (including phenoxy) is 1. The van der Waals surface area contributed by atoms with Gasteiger partial charge in [-0.2, -0.15) is 0 Å². The lowest BCUT2D eigenvalue weighted by atomic mass is 10.3. The van der Waals surface area contributed by atoms with E-state index in [0.717, 1.165) is 0 Å². The number of nitrogens with one attached hydrogen (secondary N) is 2. The number of carbonyl (C=O) groups excluding carboxylic acids is 2. The van der Waals surface area contributed by atoms with Crippen molar-refractivity contribution < 1.29 is 18.7 Å². The third-order valence-electron chi connectivity index (χ3n) is 2.46. The minimum atomic E-state index is -0.818. The summed E-state index contributed by atoms with van der Waals surface area (Å²) in [5, 5.41) is 0. The van der Waals surface area contributed by atoms with Crippen molar-refractivity contribution in [2.45, 2.75) is 38.5 Å². The van der Waals surface area contributed by atoms with Gasteiger partial charge in [0.25, 0.3) is 5.91 Å². The van der Waals surface area contributed by atoms with E-state index in [-0.39, 0.29) is 22.2 Å². The Kier molecular flexibility index (Phi) is 6.67. The third kappa shape index (κ3) is 7.31. The summed E-state index contributed by atoms with van der Waals surface area (Å²) in [4.78, 5) is 23.4. The minimum Gasteiger partial charge on any atom is -0.481 e. The number of hydrogen-bond donors (Lipinski definition) is 2. The summed E-state index contributed by atoms with van der Waals surface area (Å²) in [6.07, 6.45) is -0.818. The zero-order valence-corrected chi connectivity index (χ0v) is 13.9. The number of carbonyl (C=O) groups is 2. The molecule has 0 saturated heterocycles. The first-order valence-corrected chi connectivity index (χ1v) is 7.81. The fraction of sp³-hybridized carbons (Fsp3) is 0.467. The van der Waals surface area contributed by atoms with Crippen molar-refractivity contribution in [2.75, 3.05) is 5.75 Å². The molecule has 7 heteroatoms. The lowest BCUT2D eigenvalue weighted by molar-refractivity contribution is -0.131. The van der Waals surface area contributed by atoms with Crippen LogP contribution in [0.2, 0.25) is 0 Å². The van der Waals surface area contributed by atoms with E-state index >= 15 is 0 Å². The highest BCUT2D eigenvalue weighted by Gasteiger charge is 2.17. The molecule has 1 atom stereocenters.